The van der Waals surface area contributed by atoms with Gasteiger partial charge in [0, 0.05) is 6.61 Å². The van der Waals surface area contributed by atoms with E-state index in [0.717, 1.165) is 0 Å². The van der Waals surface area contributed by atoms with Crippen LogP contribution in [0.25, 0.3) is 0 Å². The van der Waals surface area contributed by atoms with Crippen LogP contribution in [0.15, 0.2) is 0 Å². The van der Waals surface area contributed by atoms with Crippen LogP contribution in [0, 0.1) is 0 Å². The van der Waals surface area contributed by atoms with Crippen molar-refractivity contribution in [2.45, 2.75) is 37.6 Å². The molecule has 0 radical (unpaired) electrons. The number of aliphatic hydroxyl groups excluding tert-OH is 4. The quantitative estimate of drug-likeness (QED) is 0.421. The summed E-state index contributed by atoms with van der Waals surface area (Å²) in [5, 5.41) is 36.9. The molecular formula is C8H16O6. The van der Waals surface area contributed by atoms with E-state index in [-0.39, 0.29) is 0 Å². The average molecular weight is 208 g/mol. The van der Waals surface area contributed by atoms with Crippen LogP contribution in [0.1, 0.15) is 6.92 Å². The predicted molar refractivity (Wildman–Crippen MR) is 45.4 cm³/mol. The Morgan fingerprint density at radius 3 is 2.29 bits per heavy atom. The molecule has 0 aromatic heterocycles. The second-order valence-corrected chi connectivity index (χ2v) is 3.15. The molecule has 4 N–H and O–H groups in total. The molecule has 1 aliphatic heterocycles. The first-order chi connectivity index (χ1) is 6.61. The Morgan fingerprint density at radius 2 is 1.79 bits per heavy atom. The van der Waals surface area contributed by atoms with Gasteiger partial charge in [-0.05, 0) is 6.92 Å². The maximum absolute atomic E-state index is 9.41. The van der Waals surface area contributed by atoms with Crippen molar-refractivity contribution in [3.05, 3.63) is 0 Å². The molecule has 6 nitrogen and oxygen atoms in total. The van der Waals surface area contributed by atoms with Crippen molar-refractivity contribution in [3.8, 4) is 0 Å². The van der Waals surface area contributed by atoms with Gasteiger partial charge in [-0.1, -0.05) is 0 Å². The molecule has 1 aliphatic rings. The fourth-order valence-corrected chi connectivity index (χ4v) is 1.37. The van der Waals surface area contributed by atoms with E-state index in [2.05, 4.69) is 0 Å². The van der Waals surface area contributed by atoms with E-state index in [4.69, 9.17) is 14.6 Å². The lowest BCUT2D eigenvalue weighted by Crippen LogP contribution is -2.59. The maximum Gasteiger partial charge on any atom is 0.186 e. The summed E-state index contributed by atoms with van der Waals surface area (Å²) in [5.41, 5.74) is 0. The molecule has 14 heavy (non-hydrogen) atoms. The Labute approximate surface area is 81.7 Å². The number of aliphatic hydroxyl groups is 4. The minimum atomic E-state index is -1.36. The fourth-order valence-electron chi connectivity index (χ4n) is 1.37. The normalized spacial score (nSPS) is 43.9. The van der Waals surface area contributed by atoms with E-state index in [1.54, 1.807) is 6.92 Å². The van der Waals surface area contributed by atoms with E-state index in [9.17, 15) is 15.3 Å². The molecule has 2 unspecified atom stereocenters. The summed E-state index contributed by atoms with van der Waals surface area (Å²) in [6.45, 7) is 1.58. The van der Waals surface area contributed by atoms with Crippen LogP contribution in [0.2, 0.25) is 0 Å². The Morgan fingerprint density at radius 1 is 1.14 bits per heavy atom. The first-order valence-corrected chi connectivity index (χ1v) is 4.54. The molecule has 1 rings (SSSR count). The zero-order chi connectivity index (χ0) is 10.7. The molecule has 0 aromatic rings. The van der Waals surface area contributed by atoms with E-state index in [0.29, 0.717) is 6.61 Å². The molecule has 1 fully saturated rings. The fraction of sp³-hybridized carbons (Fsp3) is 1.00. The van der Waals surface area contributed by atoms with Crippen LogP contribution < -0.4 is 0 Å². The van der Waals surface area contributed by atoms with Gasteiger partial charge in [-0.15, -0.1) is 0 Å². The Hall–Kier alpha value is -0.240. The highest BCUT2D eigenvalue weighted by molar-refractivity contribution is 4.88. The van der Waals surface area contributed by atoms with Crippen LogP contribution >= 0.6 is 0 Å². The number of rotatable bonds is 3. The average Bonchev–Trinajstić information content (AvgIpc) is 2.19. The third-order valence-electron chi connectivity index (χ3n) is 2.18. The van der Waals surface area contributed by atoms with Gasteiger partial charge in [0.15, 0.2) is 6.29 Å². The Kier molecular flexibility index (Phi) is 4.24. The molecule has 0 aliphatic carbocycles. The summed E-state index contributed by atoms with van der Waals surface area (Å²) >= 11 is 0. The summed E-state index contributed by atoms with van der Waals surface area (Å²) in [6, 6.07) is 0. The molecule has 0 amide bonds. The van der Waals surface area contributed by atoms with Crippen LogP contribution in [-0.4, -0.2) is 64.3 Å². The van der Waals surface area contributed by atoms with Crippen molar-refractivity contribution in [3.63, 3.8) is 0 Å². The lowest BCUT2D eigenvalue weighted by molar-refractivity contribution is -0.300. The first-order valence-electron chi connectivity index (χ1n) is 4.54. The van der Waals surface area contributed by atoms with Gasteiger partial charge in [0.2, 0.25) is 0 Å². The summed E-state index contributed by atoms with van der Waals surface area (Å²) in [5.74, 6) is 0. The first kappa shape index (κ1) is 11.8. The number of ether oxygens (including phenoxy) is 2. The molecule has 6 heteroatoms. The summed E-state index contributed by atoms with van der Waals surface area (Å²) in [6.07, 6.45) is -5.89. The van der Waals surface area contributed by atoms with E-state index in [1.807, 2.05) is 0 Å². The molecule has 0 saturated carbocycles. The van der Waals surface area contributed by atoms with Crippen LogP contribution in [0.4, 0.5) is 0 Å². The van der Waals surface area contributed by atoms with Gasteiger partial charge in [-0.2, -0.15) is 0 Å². The van der Waals surface area contributed by atoms with Crippen molar-refractivity contribution < 1.29 is 29.9 Å². The van der Waals surface area contributed by atoms with Crippen molar-refractivity contribution in [2.24, 2.45) is 0 Å². The highest BCUT2D eigenvalue weighted by Gasteiger charge is 2.43. The second-order valence-electron chi connectivity index (χ2n) is 3.15. The van der Waals surface area contributed by atoms with Gasteiger partial charge in [0.1, 0.15) is 24.4 Å². The van der Waals surface area contributed by atoms with Crippen LogP contribution in [-0.2, 0) is 9.47 Å². The van der Waals surface area contributed by atoms with Crippen molar-refractivity contribution in [1.82, 2.24) is 0 Å². The SMILES string of the molecule is CCO[C@@H]1OC(CO)[C@H](O)C(O)[C@@H]1O. The lowest BCUT2D eigenvalue weighted by Gasteiger charge is -2.39. The molecular weight excluding hydrogens is 192 g/mol. The monoisotopic (exact) mass is 208 g/mol. The third-order valence-corrected chi connectivity index (χ3v) is 2.18. The van der Waals surface area contributed by atoms with Gasteiger partial charge in [-0.3, -0.25) is 0 Å². The second kappa shape index (κ2) is 5.01. The highest BCUT2D eigenvalue weighted by atomic mass is 16.7. The molecule has 5 atom stereocenters. The molecule has 0 bridgehead atoms. The topological polar surface area (TPSA) is 99.4 Å². The predicted octanol–water partition coefficient (Wildman–Crippen LogP) is -2.18. The Bertz CT molecular complexity index is 171. The number of hydrogen-bond donors (Lipinski definition) is 4. The van der Waals surface area contributed by atoms with E-state index >= 15 is 0 Å². The molecule has 1 heterocycles. The maximum atomic E-state index is 9.41. The van der Waals surface area contributed by atoms with Gasteiger partial charge in [-0.25, -0.2) is 0 Å². The number of hydrogen-bond acceptors (Lipinski definition) is 6. The van der Waals surface area contributed by atoms with E-state index in [1.165, 1.54) is 0 Å². The lowest BCUT2D eigenvalue weighted by atomic mass is 9.99. The summed E-state index contributed by atoms with van der Waals surface area (Å²) < 4.78 is 10.0. The van der Waals surface area contributed by atoms with E-state index < -0.39 is 37.3 Å². The van der Waals surface area contributed by atoms with Crippen LogP contribution in [0.3, 0.4) is 0 Å². The van der Waals surface area contributed by atoms with Crippen molar-refractivity contribution in [1.29, 1.82) is 0 Å². The van der Waals surface area contributed by atoms with Crippen molar-refractivity contribution >= 4 is 0 Å². The van der Waals surface area contributed by atoms with Crippen LogP contribution in [0.5, 0.6) is 0 Å². The molecule has 0 spiro atoms. The third kappa shape index (κ3) is 2.22. The van der Waals surface area contributed by atoms with Gasteiger partial charge >= 0.3 is 0 Å². The minimum absolute atomic E-state index is 0.308. The molecule has 84 valence electrons. The van der Waals surface area contributed by atoms with Crippen molar-refractivity contribution in [2.75, 3.05) is 13.2 Å². The summed E-state index contributed by atoms with van der Waals surface area (Å²) in [7, 11) is 0. The standard InChI is InChI=1S/C8H16O6/c1-2-13-8-7(12)6(11)5(10)4(3-9)14-8/h4-12H,2-3H2,1H3/t4?,5-,6?,7-,8+/m0/s1. The molecule has 0 aromatic carbocycles. The van der Waals surface area contributed by atoms with Gasteiger partial charge in [0.25, 0.3) is 0 Å². The largest absolute Gasteiger partial charge is 0.394 e. The minimum Gasteiger partial charge on any atom is -0.394 e. The smallest absolute Gasteiger partial charge is 0.186 e. The zero-order valence-corrected chi connectivity index (χ0v) is 7.91. The summed E-state index contributed by atoms with van der Waals surface area (Å²) in [4.78, 5) is 0. The Balaban J connectivity index is 2.63. The molecule has 1 saturated heterocycles. The highest BCUT2D eigenvalue weighted by Crippen LogP contribution is 2.21. The zero-order valence-electron chi connectivity index (χ0n) is 7.91. The van der Waals surface area contributed by atoms with Gasteiger partial charge < -0.3 is 29.9 Å². The van der Waals surface area contributed by atoms with Gasteiger partial charge in [0.05, 0.1) is 6.61 Å².